The van der Waals surface area contributed by atoms with Gasteiger partial charge in [-0.1, -0.05) is 37.6 Å². The van der Waals surface area contributed by atoms with E-state index < -0.39 is 29.7 Å². The molecule has 10 heteroatoms. The first-order valence-electron chi connectivity index (χ1n) is 14.6. The van der Waals surface area contributed by atoms with E-state index >= 15 is 4.39 Å². The van der Waals surface area contributed by atoms with E-state index in [2.05, 4.69) is 5.32 Å². The van der Waals surface area contributed by atoms with Crippen molar-refractivity contribution in [1.29, 1.82) is 0 Å². The number of fused-ring (bicyclic) bond motifs is 1. The van der Waals surface area contributed by atoms with E-state index in [1.54, 1.807) is 36.1 Å². The quantitative estimate of drug-likeness (QED) is 0.280. The van der Waals surface area contributed by atoms with Crippen molar-refractivity contribution in [2.45, 2.75) is 45.6 Å². The minimum absolute atomic E-state index is 0.142. The van der Waals surface area contributed by atoms with Gasteiger partial charge < -0.3 is 24.6 Å². The first-order chi connectivity index (χ1) is 20.7. The highest BCUT2D eigenvalue weighted by Crippen LogP contribution is 2.48. The zero-order chi connectivity index (χ0) is 30.7. The van der Waals surface area contributed by atoms with Gasteiger partial charge in [-0.3, -0.25) is 14.5 Å². The van der Waals surface area contributed by atoms with E-state index in [4.69, 9.17) is 25.8 Å². The molecule has 1 unspecified atom stereocenters. The van der Waals surface area contributed by atoms with Gasteiger partial charge in [-0.2, -0.15) is 0 Å². The number of aryl methyl sites for hydroxylation is 2. The first-order valence-corrected chi connectivity index (χ1v) is 15.0. The third-order valence-corrected chi connectivity index (χ3v) is 8.34. The van der Waals surface area contributed by atoms with Crippen LogP contribution in [0.2, 0.25) is 5.02 Å². The van der Waals surface area contributed by atoms with Gasteiger partial charge >= 0.3 is 5.97 Å². The van der Waals surface area contributed by atoms with E-state index in [9.17, 15) is 14.7 Å². The maximum atomic E-state index is 15.7. The molecule has 0 saturated carbocycles. The number of carbonyl (C=O) groups excluding carboxylic acids is 1. The van der Waals surface area contributed by atoms with Crippen molar-refractivity contribution in [1.82, 2.24) is 4.90 Å². The molecule has 228 valence electrons. The third-order valence-electron chi connectivity index (χ3n) is 8.12. The molecule has 1 fully saturated rings. The highest BCUT2D eigenvalue weighted by atomic mass is 35.5. The van der Waals surface area contributed by atoms with Crippen LogP contribution in [0.3, 0.4) is 0 Å². The highest BCUT2D eigenvalue weighted by Gasteiger charge is 2.49. The molecular formula is C33H36ClFN2O6. The number of benzene rings is 3. The van der Waals surface area contributed by atoms with E-state index in [0.29, 0.717) is 60.6 Å². The summed E-state index contributed by atoms with van der Waals surface area (Å²) < 4.78 is 32.5. The van der Waals surface area contributed by atoms with Gasteiger partial charge in [0.25, 0.3) is 0 Å². The van der Waals surface area contributed by atoms with Crippen LogP contribution in [0, 0.1) is 11.7 Å². The Morgan fingerprint density at radius 3 is 2.35 bits per heavy atom. The lowest BCUT2D eigenvalue weighted by molar-refractivity contribution is -0.143. The van der Waals surface area contributed by atoms with Crippen LogP contribution in [0.15, 0.2) is 48.5 Å². The second kappa shape index (κ2) is 13.2. The predicted molar refractivity (Wildman–Crippen MR) is 162 cm³/mol. The number of halogens is 2. The van der Waals surface area contributed by atoms with Crippen LogP contribution >= 0.6 is 11.6 Å². The number of hydrogen-bond acceptors (Lipinski definition) is 6. The molecule has 0 bridgehead atoms. The van der Waals surface area contributed by atoms with Crippen molar-refractivity contribution in [3.05, 3.63) is 81.6 Å². The van der Waals surface area contributed by atoms with Crippen LogP contribution in [-0.2, 0) is 22.4 Å². The van der Waals surface area contributed by atoms with E-state index in [0.717, 1.165) is 16.7 Å². The Hall–Kier alpha value is -3.82. The lowest BCUT2D eigenvalue weighted by atomic mass is 9.82. The van der Waals surface area contributed by atoms with Gasteiger partial charge in [-0.15, -0.1) is 0 Å². The molecule has 3 aromatic rings. The molecule has 3 aromatic carbocycles. The monoisotopic (exact) mass is 610 g/mol. The highest BCUT2D eigenvalue weighted by molar-refractivity contribution is 6.30. The average molecular weight is 611 g/mol. The molecule has 43 heavy (non-hydrogen) atoms. The molecular weight excluding hydrogens is 575 g/mol. The summed E-state index contributed by atoms with van der Waals surface area (Å²) in [7, 11) is 0. The molecule has 2 heterocycles. The normalized spacial score (nSPS) is 19.7. The molecule has 2 aliphatic rings. The number of hydrogen-bond donors (Lipinski definition) is 2. The van der Waals surface area contributed by atoms with Crippen LogP contribution in [0.5, 0.6) is 17.2 Å². The smallest absolute Gasteiger partial charge is 0.309 e. The number of carbonyl (C=O) groups is 2. The number of ether oxygens (including phenoxy) is 3. The Balaban J connectivity index is 1.52. The molecule has 8 nitrogen and oxygen atoms in total. The largest absolute Gasteiger partial charge is 0.494 e. The molecule has 1 amide bonds. The molecule has 1 saturated heterocycles. The fraction of sp³-hybridized carbons (Fsp3) is 0.394. The average Bonchev–Trinajstić information content (AvgIpc) is 3.36. The minimum Gasteiger partial charge on any atom is -0.494 e. The van der Waals surface area contributed by atoms with Gasteiger partial charge in [0, 0.05) is 34.8 Å². The second-order valence-corrected chi connectivity index (χ2v) is 11.2. The molecule has 0 aromatic heterocycles. The summed E-state index contributed by atoms with van der Waals surface area (Å²) in [6.45, 7) is 7.03. The SMILES string of the molecule is CCOc1ccc([C@H]2C(C(=O)O)[C@@H](c3ccc4c(c3)OCCO4)CN2CC(=O)Nc2c(CC)cc(Cl)cc2CC)c(F)c1. The summed E-state index contributed by atoms with van der Waals surface area (Å²) in [5.41, 5.74) is 3.44. The number of nitrogens with zero attached hydrogens (tertiary/aromatic N) is 1. The second-order valence-electron chi connectivity index (χ2n) is 10.7. The lowest BCUT2D eigenvalue weighted by Gasteiger charge is -2.28. The van der Waals surface area contributed by atoms with Crippen molar-refractivity contribution in [3.63, 3.8) is 0 Å². The van der Waals surface area contributed by atoms with Gasteiger partial charge in [-0.05, 0) is 66.8 Å². The van der Waals surface area contributed by atoms with E-state index in [1.807, 2.05) is 32.0 Å². The number of amides is 1. The molecule has 0 radical (unpaired) electrons. The summed E-state index contributed by atoms with van der Waals surface area (Å²) in [5, 5.41) is 14.2. The number of carboxylic acid groups (broad SMARTS) is 1. The summed E-state index contributed by atoms with van der Waals surface area (Å²) in [4.78, 5) is 28.3. The van der Waals surface area contributed by atoms with Crippen LogP contribution in [0.25, 0.3) is 0 Å². The Morgan fingerprint density at radius 1 is 1.02 bits per heavy atom. The number of likely N-dealkylation sites (tertiary alicyclic amines) is 1. The van der Waals surface area contributed by atoms with Crippen LogP contribution in [0.4, 0.5) is 10.1 Å². The molecule has 2 N–H and O–H groups in total. The molecule has 0 spiro atoms. The fourth-order valence-corrected chi connectivity index (χ4v) is 6.46. The number of aliphatic carboxylic acids is 1. The van der Waals surface area contributed by atoms with Crippen molar-refractivity contribution < 1.29 is 33.3 Å². The van der Waals surface area contributed by atoms with Crippen molar-refractivity contribution in [3.8, 4) is 17.2 Å². The standard InChI is InChI=1S/C33H36ClFN2O6/c1-4-19-13-22(34)14-20(5-2)31(19)36-29(38)18-37-17-25(21-7-10-27-28(15-21)43-12-11-42-27)30(33(39)40)32(37)24-9-8-23(41-6-3)16-26(24)35/h7-10,13-16,25,30,32H,4-6,11-12,17-18H2,1-3H3,(H,36,38)(H,39,40)/t25-,30?,32+/m1/s1. The molecule has 5 rings (SSSR count). The predicted octanol–water partition coefficient (Wildman–Crippen LogP) is 6.25. The summed E-state index contributed by atoms with van der Waals surface area (Å²) in [6, 6.07) is 12.6. The third kappa shape index (κ3) is 6.43. The van der Waals surface area contributed by atoms with Gasteiger partial charge in [-0.25, -0.2) is 4.39 Å². The Bertz CT molecular complexity index is 1490. The Kier molecular flexibility index (Phi) is 9.42. The van der Waals surface area contributed by atoms with Crippen LogP contribution in [-0.4, -0.2) is 54.8 Å². The van der Waals surface area contributed by atoms with Crippen LogP contribution in [0.1, 0.15) is 55.0 Å². The fourth-order valence-electron chi connectivity index (χ4n) is 6.20. The zero-order valence-electron chi connectivity index (χ0n) is 24.5. The molecule has 0 aliphatic carbocycles. The van der Waals surface area contributed by atoms with Gasteiger partial charge in [0.15, 0.2) is 11.5 Å². The molecule has 3 atom stereocenters. The van der Waals surface area contributed by atoms with Crippen molar-refractivity contribution >= 4 is 29.2 Å². The van der Waals surface area contributed by atoms with Crippen molar-refractivity contribution in [2.75, 3.05) is 38.2 Å². The maximum Gasteiger partial charge on any atom is 0.309 e. The Labute approximate surface area is 255 Å². The summed E-state index contributed by atoms with van der Waals surface area (Å²) in [6.07, 6.45) is 1.33. The summed E-state index contributed by atoms with van der Waals surface area (Å²) in [5.74, 6) is -2.12. The lowest BCUT2D eigenvalue weighted by Crippen LogP contribution is -2.36. The molecule has 2 aliphatic heterocycles. The van der Waals surface area contributed by atoms with Crippen molar-refractivity contribution in [2.24, 2.45) is 5.92 Å². The first kappa shape index (κ1) is 30.6. The van der Waals surface area contributed by atoms with Gasteiger partial charge in [0.05, 0.1) is 25.1 Å². The van der Waals surface area contributed by atoms with E-state index in [-0.39, 0.29) is 24.6 Å². The minimum atomic E-state index is -1.08. The number of carboxylic acids is 1. The number of nitrogens with one attached hydrogen (secondary N) is 1. The van der Waals surface area contributed by atoms with Gasteiger partial charge in [0.1, 0.15) is 24.8 Å². The van der Waals surface area contributed by atoms with E-state index in [1.165, 1.54) is 6.07 Å². The van der Waals surface area contributed by atoms with Crippen LogP contribution < -0.4 is 19.5 Å². The topological polar surface area (TPSA) is 97.3 Å². The van der Waals surface area contributed by atoms with Gasteiger partial charge in [0.2, 0.25) is 5.91 Å². The zero-order valence-corrected chi connectivity index (χ0v) is 25.2. The number of anilines is 1. The summed E-state index contributed by atoms with van der Waals surface area (Å²) >= 11 is 6.31. The Morgan fingerprint density at radius 2 is 1.72 bits per heavy atom. The maximum absolute atomic E-state index is 15.7. The number of rotatable bonds is 10.